The molecule has 0 saturated heterocycles. The van der Waals surface area contributed by atoms with Crippen molar-refractivity contribution in [1.29, 1.82) is 0 Å². The topological polar surface area (TPSA) is 87.3 Å². The number of H-pyrrole nitrogens is 1. The van der Waals surface area contributed by atoms with Crippen LogP contribution in [0.4, 0.5) is 0 Å². The minimum atomic E-state index is -4.00. The first kappa shape index (κ1) is 22.6. The van der Waals surface area contributed by atoms with Gasteiger partial charge in [0, 0.05) is 29.7 Å². The van der Waals surface area contributed by atoms with E-state index in [0.717, 1.165) is 16.5 Å². The van der Waals surface area contributed by atoms with E-state index in [9.17, 15) is 18.0 Å². The number of benzene rings is 3. The smallest absolute Gasteiger partial charge is 0.252 e. The lowest BCUT2D eigenvalue weighted by atomic mass is 10.1. The molecular formula is C26H24N2O4S. The number of hydrogen-bond donors (Lipinski definition) is 1. The van der Waals surface area contributed by atoms with Gasteiger partial charge < -0.3 is 4.98 Å². The van der Waals surface area contributed by atoms with Gasteiger partial charge in [0.05, 0.1) is 4.90 Å². The summed E-state index contributed by atoms with van der Waals surface area (Å²) < 4.78 is 28.6. The molecular weight excluding hydrogens is 436 g/mol. The van der Waals surface area contributed by atoms with Gasteiger partial charge in [-0.2, -0.15) is 4.31 Å². The number of nitrogens with one attached hydrogen (secondary N) is 1. The summed E-state index contributed by atoms with van der Waals surface area (Å²) in [7, 11) is -4.00. The van der Waals surface area contributed by atoms with Crippen LogP contribution >= 0.6 is 0 Å². The van der Waals surface area contributed by atoms with Crippen LogP contribution < -0.4 is 5.56 Å². The van der Waals surface area contributed by atoms with Crippen LogP contribution in [0.5, 0.6) is 0 Å². The summed E-state index contributed by atoms with van der Waals surface area (Å²) in [5.41, 5.74) is 2.84. The van der Waals surface area contributed by atoms with Crippen LogP contribution in [-0.2, 0) is 23.1 Å². The Bertz CT molecular complexity index is 1490. The number of hydrogen-bond acceptors (Lipinski definition) is 4. The Morgan fingerprint density at radius 1 is 0.909 bits per heavy atom. The van der Waals surface area contributed by atoms with Gasteiger partial charge >= 0.3 is 0 Å². The zero-order valence-electron chi connectivity index (χ0n) is 18.4. The summed E-state index contributed by atoms with van der Waals surface area (Å²) >= 11 is 0. The number of carbonyl (C=O) groups is 1. The third-order valence-corrected chi connectivity index (χ3v) is 7.29. The Morgan fingerprint density at radius 3 is 2.39 bits per heavy atom. The molecule has 0 amide bonds. The summed E-state index contributed by atoms with van der Waals surface area (Å²) in [5.74, 6) is -0.219. The van der Waals surface area contributed by atoms with Gasteiger partial charge in [-0.1, -0.05) is 54.1 Å². The highest BCUT2D eigenvalue weighted by Gasteiger charge is 2.26. The lowest BCUT2D eigenvalue weighted by Crippen LogP contribution is -2.32. The Labute approximate surface area is 192 Å². The minimum Gasteiger partial charge on any atom is -0.322 e. The van der Waals surface area contributed by atoms with Gasteiger partial charge in [0.25, 0.3) is 5.56 Å². The first-order valence-corrected chi connectivity index (χ1v) is 12.0. The number of aromatic nitrogens is 1. The zero-order chi connectivity index (χ0) is 23.6. The molecule has 0 bridgehead atoms. The van der Waals surface area contributed by atoms with E-state index < -0.39 is 10.0 Å². The largest absolute Gasteiger partial charge is 0.322 e. The fraction of sp³-hybridized carbons (Fsp3) is 0.154. The molecule has 3 aromatic carbocycles. The molecule has 1 N–H and O–H groups in total. The highest BCUT2D eigenvalue weighted by atomic mass is 32.2. The number of aryl methyl sites for hydroxylation is 1. The Balaban J connectivity index is 1.79. The van der Waals surface area contributed by atoms with Crippen molar-refractivity contribution in [1.82, 2.24) is 9.29 Å². The van der Waals surface area contributed by atoms with Gasteiger partial charge in [-0.25, -0.2) is 8.42 Å². The van der Waals surface area contributed by atoms with E-state index in [4.69, 9.17) is 0 Å². The molecule has 4 aromatic rings. The maximum absolute atomic E-state index is 13.6. The number of sulfonamides is 1. The van der Waals surface area contributed by atoms with E-state index >= 15 is 0 Å². The number of aromatic amines is 1. The molecule has 4 rings (SSSR count). The van der Waals surface area contributed by atoms with Crippen LogP contribution in [0.15, 0.2) is 88.6 Å². The Hall–Kier alpha value is -3.55. The van der Waals surface area contributed by atoms with Crippen molar-refractivity contribution in [2.24, 2.45) is 0 Å². The first-order valence-electron chi connectivity index (χ1n) is 10.5. The van der Waals surface area contributed by atoms with Crippen molar-refractivity contribution < 1.29 is 13.2 Å². The highest BCUT2D eigenvalue weighted by molar-refractivity contribution is 7.89. The van der Waals surface area contributed by atoms with Gasteiger partial charge in [0.15, 0.2) is 5.78 Å². The number of pyridine rings is 1. The second-order valence-corrected chi connectivity index (χ2v) is 10.00. The van der Waals surface area contributed by atoms with Crippen molar-refractivity contribution in [2.75, 3.05) is 0 Å². The Kier molecular flexibility index (Phi) is 6.26. The van der Waals surface area contributed by atoms with Crippen molar-refractivity contribution in [2.45, 2.75) is 31.8 Å². The van der Waals surface area contributed by atoms with Gasteiger partial charge in [-0.05, 0) is 55.1 Å². The number of fused-ring (bicyclic) bond motifs is 1. The summed E-state index contributed by atoms with van der Waals surface area (Å²) in [6.07, 6.45) is 0. The molecule has 7 heteroatoms. The predicted molar refractivity (Wildman–Crippen MR) is 129 cm³/mol. The standard InChI is InChI=1S/C26H24N2O4S/c1-18-11-12-25-22(13-18)14-23(26(30)27-25)17-28(16-20-7-4-3-5-8-20)33(31,32)24-10-6-9-21(15-24)19(2)29/h3-15H,16-17H2,1-2H3,(H,27,30). The molecule has 0 aliphatic carbocycles. The van der Waals surface area contributed by atoms with Gasteiger partial charge in [-0.15, -0.1) is 0 Å². The molecule has 0 aliphatic heterocycles. The van der Waals surface area contributed by atoms with Crippen molar-refractivity contribution in [3.63, 3.8) is 0 Å². The van der Waals surface area contributed by atoms with E-state index in [1.807, 2.05) is 55.5 Å². The molecule has 0 saturated carbocycles. The zero-order valence-corrected chi connectivity index (χ0v) is 19.2. The number of Topliss-reactive ketones (excluding diaryl/α,β-unsaturated/α-hetero) is 1. The lowest BCUT2D eigenvalue weighted by molar-refractivity contribution is 0.101. The summed E-state index contributed by atoms with van der Waals surface area (Å²) in [4.78, 5) is 27.5. The van der Waals surface area contributed by atoms with Crippen LogP contribution in [0.3, 0.4) is 0 Å². The number of ketones is 1. The second kappa shape index (κ2) is 9.13. The molecule has 0 spiro atoms. The molecule has 168 valence electrons. The third kappa shape index (κ3) is 4.94. The van der Waals surface area contributed by atoms with E-state index in [2.05, 4.69) is 4.98 Å². The van der Waals surface area contributed by atoms with Crippen LogP contribution in [0.2, 0.25) is 0 Å². The summed E-state index contributed by atoms with van der Waals surface area (Å²) in [5, 5.41) is 0.834. The van der Waals surface area contributed by atoms with Crippen molar-refractivity contribution in [3.8, 4) is 0 Å². The molecule has 1 aromatic heterocycles. The molecule has 0 atom stereocenters. The van der Waals surface area contributed by atoms with E-state index in [1.165, 1.54) is 23.4 Å². The molecule has 33 heavy (non-hydrogen) atoms. The number of carbonyl (C=O) groups excluding carboxylic acids is 1. The average molecular weight is 461 g/mol. The summed E-state index contributed by atoms with van der Waals surface area (Å²) in [6, 6.07) is 22.6. The predicted octanol–water partition coefficient (Wildman–Crippen LogP) is 4.43. The van der Waals surface area contributed by atoms with Gasteiger partial charge in [0.1, 0.15) is 0 Å². The van der Waals surface area contributed by atoms with E-state index in [-0.39, 0.29) is 29.3 Å². The number of rotatable bonds is 7. The first-order chi connectivity index (χ1) is 15.7. The van der Waals surface area contributed by atoms with Gasteiger partial charge in [0.2, 0.25) is 10.0 Å². The molecule has 0 radical (unpaired) electrons. The lowest BCUT2D eigenvalue weighted by Gasteiger charge is -2.23. The third-order valence-electron chi connectivity index (χ3n) is 5.50. The van der Waals surface area contributed by atoms with Crippen LogP contribution in [0, 0.1) is 6.92 Å². The van der Waals surface area contributed by atoms with Crippen molar-refractivity contribution >= 4 is 26.7 Å². The SMILES string of the molecule is CC(=O)c1cccc(S(=O)(=O)N(Cc2ccccc2)Cc2cc3cc(C)ccc3[nH]c2=O)c1. The highest BCUT2D eigenvalue weighted by Crippen LogP contribution is 2.23. The maximum Gasteiger partial charge on any atom is 0.252 e. The second-order valence-electron chi connectivity index (χ2n) is 8.06. The molecule has 0 fully saturated rings. The van der Waals surface area contributed by atoms with Crippen LogP contribution in [-0.4, -0.2) is 23.5 Å². The molecule has 6 nitrogen and oxygen atoms in total. The average Bonchev–Trinajstić information content (AvgIpc) is 2.80. The fourth-order valence-electron chi connectivity index (χ4n) is 3.72. The Morgan fingerprint density at radius 2 is 1.67 bits per heavy atom. The van der Waals surface area contributed by atoms with Crippen LogP contribution in [0.25, 0.3) is 10.9 Å². The minimum absolute atomic E-state index is 0.0131. The number of nitrogens with zero attached hydrogens (tertiary/aromatic N) is 1. The summed E-state index contributed by atoms with van der Waals surface area (Å²) in [6.45, 7) is 3.32. The van der Waals surface area contributed by atoms with Crippen LogP contribution in [0.1, 0.15) is 34.0 Å². The van der Waals surface area contributed by atoms with E-state index in [0.29, 0.717) is 16.6 Å². The normalized spacial score (nSPS) is 11.7. The van der Waals surface area contributed by atoms with E-state index in [1.54, 1.807) is 18.2 Å². The van der Waals surface area contributed by atoms with Gasteiger partial charge in [-0.3, -0.25) is 9.59 Å². The fourth-order valence-corrected chi connectivity index (χ4v) is 5.17. The molecule has 0 unspecified atom stereocenters. The quantitative estimate of drug-likeness (QED) is 0.413. The maximum atomic E-state index is 13.6. The monoisotopic (exact) mass is 460 g/mol. The van der Waals surface area contributed by atoms with Crippen molar-refractivity contribution in [3.05, 3.63) is 111 Å². The molecule has 0 aliphatic rings. The molecule has 1 heterocycles.